The van der Waals surface area contributed by atoms with Crippen molar-refractivity contribution in [2.24, 2.45) is 0 Å². The van der Waals surface area contributed by atoms with Crippen LogP contribution in [0.2, 0.25) is 0 Å². The van der Waals surface area contributed by atoms with Crippen molar-refractivity contribution in [2.75, 3.05) is 0 Å². The van der Waals surface area contributed by atoms with Crippen LogP contribution in [0, 0.1) is 0 Å². The van der Waals surface area contributed by atoms with Crippen LogP contribution in [0.4, 0.5) is 0 Å². The van der Waals surface area contributed by atoms with Gasteiger partial charge in [0.25, 0.3) is 0 Å². The first kappa shape index (κ1) is 31.6. The minimum Gasteiger partial charge on any atom is -1.00 e. The Hall–Kier alpha value is 5.34. The van der Waals surface area contributed by atoms with Crippen LogP contribution in [-0.2, 0) is 0 Å². The average Bonchev–Trinajstić information content (AvgIpc) is 0. The molecule has 20 valence electrons. The average molecular weight is 214 g/mol. The van der Waals surface area contributed by atoms with Gasteiger partial charge >= 0.3 is 164 Å². The molecule has 0 fully saturated rings. The van der Waals surface area contributed by atoms with Crippen molar-refractivity contribution in [3.8, 4) is 0 Å². The summed E-state index contributed by atoms with van der Waals surface area (Å²) in [5.41, 5.74) is 0. The smallest absolute Gasteiger partial charge is 1.00 e. The Morgan fingerprint density at radius 1 is 1.20 bits per heavy atom. The van der Waals surface area contributed by atoms with Crippen LogP contribution < -0.4 is 80.9 Å². The Kier molecular flexibility index (Phi) is 144. The summed E-state index contributed by atoms with van der Waals surface area (Å²) in [5.74, 6) is 0. The van der Waals surface area contributed by atoms with E-state index < -0.39 is 0 Å². The van der Waals surface area contributed by atoms with Crippen molar-refractivity contribution in [3.63, 3.8) is 0 Å². The van der Waals surface area contributed by atoms with E-state index in [1.807, 2.05) is 0 Å². The summed E-state index contributed by atoms with van der Waals surface area (Å²) in [6.07, 6.45) is 0. The van der Waals surface area contributed by atoms with Gasteiger partial charge in [0, 0.05) is 0 Å². The van der Waals surface area contributed by atoms with E-state index in [0.29, 0.717) is 0 Å². The van der Waals surface area contributed by atoms with Crippen LogP contribution in [0.1, 0.15) is 8.56 Å². The summed E-state index contributed by atoms with van der Waals surface area (Å²) < 4.78 is 0. The van der Waals surface area contributed by atoms with Gasteiger partial charge in [0.15, 0.2) is 0 Å². The Morgan fingerprint density at radius 2 is 1.20 bits per heavy atom. The molecule has 0 rings (SSSR count). The molecular weight excluding hydrogens is 206 g/mol. The first-order valence-electron chi connectivity index (χ1n) is 0. The van der Waals surface area contributed by atoms with E-state index in [-0.39, 0.29) is 178 Å². The van der Waals surface area contributed by atoms with Crippen LogP contribution >= 0.6 is 0 Å². The van der Waals surface area contributed by atoms with Crippen LogP contribution in [-0.4, -0.2) is 88.7 Å². The molecular formula is H8CaKNaOSr. The quantitative estimate of drug-likeness (QED) is 0.359. The van der Waals surface area contributed by atoms with Gasteiger partial charge in [0.2, 0.25) is 0 Å². The summed E-state index contributed by atoms with van der Waals surface area (Å²) in [6, 6.07) is 0. The minimum absolute atomic E-state index is 0. The second-order valence-corrected chi connectivity index (χ2v) is 0. The largest absolute Gasteiger partial charge is 2.00 e. The monoisotopic (exact) mass is 214 g/mol. The standard InChI is InChI=1S/Ca.K.Na.H2O.Sr.6H/h;;;1H2;;;;;;;/q+2;2*+1;;+2;6*-1. The molecule has 0 spiro atoms. The maximum absolute atomic E-state index is 0. The molecule has 2 N–H and O–H groups in total. The van der Waals surface area contributed by atoms with Gasteiger partial charge in [0.05, 0.1) is 0 Å². The molecule has 0 heterocycles. The third-order valence-electron chi connectivity index (χ3n) is 0. The zero-order valence-electron chi connectivity index (χ0n) is 9.91. The summed E-state index contributed by atoms with van der Waals surface area (Å²) in [6.45, 7) is 0. The molecule has 0 saturated heterocycles. The van der Waals surface area contributed by atoms with E-state index in [0.717, 1.165) is 0 Å². The van der Waals surface area contributed by atoms with E-state index >= 15 is 0 Å². The third-order valence-corrected chi connectivity index (χ3v) is 0. The normalized spacial score (nSPS) is 0. The molecule has 0 amide bonds. The second-order valence-electron chi connectivity index (χ2n) is 0. The molecule has 0 saturated carbocycles. The predicted molar refractivity (Wildman–Crippen MR) is 21.8 cm³/mol. The molecule has 5 heteroatoms. The van der Waals surface area contributed by atoms with Gasteiger partial charge in [0.1, 0.15) is 0 Å². The summed E-state index contributed by atoms with van der Waals surface area (Å²) in [7, 11) is 0. The van der Waals surface area contributed by atoms with Crippen LogP contribution in [0.3, 0.4) is 0 Å². The van der Waals surface area contributed by atoms with Crippen molar-refractivity contribution < 1.29 is 95.0 Å². The zero-order chi connectivity index (χ0) is 0. The number of hydrogen-bond donors (Lipinski definition) is 0. The Bertz CT molecular complexity index is 22.5. The summed E-state index contributed by atoms with van der Waals surface area (Å²) in [5, 5.41) is 0. The fraction of sp³-hybridized carbons (Fsp3) is 0. The molecule has 0 aliphatic carbocycles. The summed E-state index contributed by atoms with van der Waals surface area (Å²) in [4.78, 5) is 0. The van der Waals surface area contributed by atoms with E-state index in [1.165, 1.54) is 0 Å². The van der Waals surface area contributed by atoms with Crippen molar-refractivity contribution in [1.82, 2.24) is 0 Å². The Balaban J connectivity index is 0. The molecule has 0 aromatic heterocycles. The van der Waals surface area contributed by atoms with Crippen molar-refractivity contribution >= 4 is 83.2 Å². The van der Waals surface area contributed by atoms with Crippen molar-refractivity contribution in [3.05, 3.63) is 0 Å². The molecule has 0 bridgehead atoms. The molecule has 0 aromatic rings. The fourth-order valence-electron chi connectivity index (χ4n) is 0. The van der Waals surface area contributed by atoms with Crippen molar-refractivity contribution in [2.45, 2.75) is 0 Å². The van der Waals surface area contributed by atoms with E-state index in [2.05, 4.69) is 0 Å². The molecule has 0 radical (unpaired) electrons. The van der Waals surface area contributed by atoms with E-state index in [4.69, 9.17) is 0 Å². The molecule has 0 unspecified atom stereocenters. The second kappa shape index (κ2) is 22.8. The van der Waals surface area contributed by atoms with Crippen LogP contribution in [0.15, 0.2) is 0 Å². The van der Waals surface area contributed by atoms with Gasteiger partial charge in [-0.1, -0.05) is 0 Å². The maximum Gasteiger partial charge on any atom is 2.00 e. The SMILES string of the molecule is O.[Ca+2].[H-].[H-].[H-].[H-].[H-].[H-].[K+].[Na+].[Sr+2]. The van der Waals surface area contributed by atoms with Gasteiger partial charge in [-0.15, -0.1) is 0 Å². The molecule has 1 nitrogen and oxygen atoms in total. The number of rotatable bonds is 0. The van der Waals surface area contributed by atoms with Gasteiger partial charge in [-0.2, -0.15) is 0 Å². The van der Waals surface area contributed by atoms with Gasteiger partial charge < -0.3 is 14.0 Å². The summed E-state index contributed by atoms with van der Waals surface area (Å²) >= 11 is 0. The van der Waals surface area contributed by atoms with Gasteiger partial charge in [-0.05, 0) is 0 Å². The maximum atomic E-state index is 0. The Morgan fingerprint density at radius 3 is 1.20 bits per heavy atom. The fourth-order valence-corrected chi connectivity index (χ4v) is 0. The first-order valence-corrected chi connectivity index (χ1v) is 0. The zero-order valence-corrected chi connectivity index (χ0v) is 14.7. The van der Waals surface area contributed by atoms with Gasteiger partial charge in [-0.25, -0.2) is 0 Å². The molecule has 0 atom stereocenters. The minimum atomic E-state index is 0. The predicted octanol–water partition coefficient (Wildman–Crippen LogP) is -6.90. The molecule has 0 aliphatic heterocycles. The number of hydrogen-bond acceptors (Lipinski definition) is 0. The van der Waals surface area contributed by atoms with Crippen LogP contribution in [0.5, 0.6) is 0 Å². The van der Waals surface area contributed by atoms with Crippen LogP contribution in [0.25, 0.3) is 0 Å². The third kappa shape index (κ3) is 17.6. The van der Waals surface area contributed by atoms with Crippen molar-refractivity contribution in [1.29, 1.82) is 0 Å². The molecule has 0 aliphatic rings. The molecule has 0 aromatic carbocycles. The van der Waals surface area contributed by atoms with E-state index in [9.17, 15) is 0 Å². The topological polar surface area (TPSA) is 31.5 Å². The van der Waals surface area contributed by atoms with Gasteiger partial charge in [-0.3, -0.25) is 0 Å². The first-order chi connectivity index (χ1) is 0. The molecule has 5 heavy (non-hydrogen) atoms. The van der Waals surface area contributed by atoms with E-state index in [1.54, 1.807) is 0 Å². The Labute approximate surface area is 173 Å².